The van der Waals surface area contributed by atoms with Crippen LogP contribution in [0.15, 0.2) is 139 Å². The van der Waals surface area contributed by atoms with Gasteiger partial charge in [-0.3, -0.25) is 23.7 Å². The number of hydrogen-bond donors (Lipinski definition) is 8. The van der Waals surface area contributed by atoms with Gasteiger partial charge >= 0.3 is 0 Å². The topological polar surface area (TPSA) is 357 Å². The van der Waals surface area contributed by atoms with E-state index >= 15 is 0 Å². The second-order valence-corrected chi connectivity index (χ2v) is 26.8. The zero-order chi connectivity index (χ0) is 65.2. The molecule has 31 heteroatoms. The van der Waals surface area contributed by atoms with Crippen molar-refractivity contribution >= 4 is 115 Å². The molecule has 484 valence electrons. The number of hydrogen-bond acceptors (Lipinski definition) is 22. The van der Waals surface area contributed by atoms with Crippen molar-refractivity contribution in [2.45, 2.75) is 82.4 Å². The average Bonchev–Trinajstić information content (AvgIpc) is 1.67. The first kappa shape index (κ1) is 65.4. The fourth-order valence-corrected chi connectivity index (χ4v) is 14.2. The molecule has 2 atom stereocenters. The second kappa shape index (κ2) is 29.7. The lowest BCUT2D eigenvalue weighted by Gasteiger charge is -2.24. The van der Waals surface area contributed by atoms with Gasteiger partial charge in [-0.1, -0.05) is 29.3 Å². The summed E-state index contributed by atoms with van der Waals surface area (Å²) in [7, 11) is 1.67. The van der Waals surface area contributed by atoms with Gasteiger partial charge in [0, 0.05) is 96.3 Å². The zero-order valence-electron chi connectivity index (χ0n) is 51.3. The van der Waals surface area contributed by atoms with Crippen LogP contribution in [0.2, 0.25) is 5.02 Å². The molecule has 26 nitrogen and oxygen atoms in total. The highest BCUT2D eigenvalue weighted by Gasteiger charge is 2.24. The van der Waals surface area contributed by atoms with Crippen LogP contribution in [0.1, 0.15) is 73.6 Å². The van der Waals surface area contributed by atoms with Crippen LogP contribution in [-0.4, -0.2) is 100 Å². The van der Waals surface area contributed by atoms with Crippen LogP contribution < -0.4 is 33.6 Å². The quantitative estimate of drug-likeness (QED) is 0.0497. The predicted molar refractivity (Wildman–Crippen MR) is 368 cm³/mol. The minimum absolute atomic E-state index is 0.00117. The number of thiophene rings is 3. The average molecular weight is 1350 g/mol. The maximum absolute atomic E-state index is 10.5. The number of pyridine rings is 3. The number of H-pyrrole nitrogens is 1. The number of fused-ring (bicyclic) bond motifs is 3. The van der Waals surface area contributed by atoms with Crippen LogP contribution in [0, 0.1) is 6.92 Å². The Morgan fingerprint density at radius 3 is 1.49 bits per heavy atom. The van der Waals surface area contributed by atoms with E-state index in [4.69, 9.17) is 48.6 Å². The molecule has 0 saturated carbocycles. The third-order valence-electron chi connectivity index (χ3n) is 14.7. The van der Waals surface area contributed by atoms with Gasteiger partial charge in [0.15, 0.2) is 12.5 Å². The molecule has 2 unspecified atom stereocenters. The first-order chi connectivity index (χ1) is 44.9. The number of aryl methyl sites for hydroxylation is 4. The maximum atomic E-state index is 10.5. The highest BCUT2D eigenvalue weighted by atomic mass is 35.5. The standard InChI is InChI=1S/C20H23N7OS.C15H15ClN4OS.C15H15N7S.C7H8O3S.C5H9N3/c1-26-8-6-13(25-26)12-22-14-11-18(21)24-15-10-17(29-20(14)15)16-5-7-23-27(16)19-4-2-3-9-28-19;16-9-7-13(17)19-10-8-12(22-15(9)10)11-4-5-18-20(11)14-3-1-2-6-21-14;1-22-5-3-9(21-22)8-17-11-7-14(16)19-12-6-13(23-15(11)12)10-2-4-18-20-10;1-6-2-4-7(5-3-6)11(8,9)10;1-8-3-2-5(4-6)7-8/h5-8,10-11,19H,2-4,9,12H2,1H3,(H3,21,22,24);4-5,7-8,14H,1-3,6H2,(H2,17,19);2-7H,8H2,1H3,(H,18,20)(H3,16,17,19);2-5H,1H3,(H,8,9,10);2-3H,4,6H2,1H3. The fourth-order valence-electron chi connectivity index (χ4n) is 10.2. The van der Waals surface area contributed by atoms with Gasteiger partial charge in [0.25, 0.3) is 10.1 Å². The summed E-state index contributed by atoms with van der Waals surface area (Å²) in [6.07, 6.45) is 17.7. The second-order valence-electron chi connectivity index (χ2n) is 21.8. The van der Waals surface area contributed by atoms with E-state index in [1.165, 1.54) is 18.6 Å². The third-order valence-corrected chi connectivity index (χ3v) is 19.5. The van der Waals surface area contributed by atoms with Crippen LogP contribution >= 0.6 is 45.6 Å². The van der Waals surface area contributed by atoms with Gasteiger partial charge in [0.2, 0.25) is 0 Å². The molecule has 1 aromatic carbocycles. The molecule has 13 aromatic rings. The first-order valence-corrected chi connectivity index (χ1v) is 33.9. The number of aromatic nitrogens is 15. The highest BCUT2D eigenvalue weighted by Crippen LogP contribution is 2.42. The third kappa shape index (κ3) is 16.6. The van der Waals surface area contributed by atoms with Crippen molar-refractivity contribution in [2.75, 3.05) is 41.0 Å². The minimum atomic E-state index is -4.02. The highest BCUT2D eigenvalue weighted by molar-refractivity contribution is 7.85. The molecule has 2 aliphatic heterocycles. The van der Waals surface area contributed by atoms with Gasteiger partial charge in [0.1, 0.15) is 17.5 Å². The van der Waals surface area contributed by atoms with E-state index in [0.717, 1.165) is 142 Å². The normalized spacial score (nSPS) is 14.7. The van der Waals surface area contributed by atoms with Crippen LogP contribution in [0.25, 0.3) is 62.4 Å². The molecule has 2 saturated heterocycles. The van der Waals surface area contributed by atoms with Crippen molar-refractivity contribution in [3.63, 3.8) is 0 Å². The van der Waals surface area contributed by atoms with Crippen LogP contribution in [0.3, 0.4) is 0 Å². The molecule has 12 aromatic heterocycles. The molecule has 0 spiro atoms. The number of ether oxygens (including phenoxy) is 2. The number of nitrogens with two attached hydrogens (primary N) is 4. The summed E-state index contributed by atoms with van der Waals surface area (Å²) in [5.74, 6) is 1.43. The van der Waals surface area contributed by atoms with E-state index in [9.17, 15) is 8.42 Å². The summed E-state index contributed by atoms with van der Waals surface area (Å²) in [5.41, 5.74) is 34.5. The van der Waals surface area contributed by atoms with Gasteiger partial charge in [-0.25, -0.2) is 24.3 Å². The van der Waals surface area contributed by atoms with Crippen molar-refractivity contribution in [2.24, 2.45) is 26.9 Å². The summed E-state index contributed by atoms with van der Waals surface area (Å²) >= 11 is 11.2. The number of rotatable bonds is 13. The van der Waals surface area contributed by atoms with E-state index in [1.807, 2.05) is 123 Å². The Balaban J connectivity index is 0.000000126. The van der Waals surface area contributed by atoms with E-state index in [2.05, 4.69) is 67.3 Å². The van der Waals surface area contributed by atoms with Crippen molar-refractivity contribution in [3.05, 3.63) is 162 Å². The molecule has 2 aliphatic rings. The van der Waals surface area contributed by atoms with Crippen molar-refractivity contribution in [1.82, 2.24) is 74.1 Å². The largest absolute Gasteiger partial charge is 0.384 e. The fraction of sp³-hybridized carbons (Fsp3) is 0.274. The lowest BCUT2D eigenvalue weighted by Crippen LogP contribution is -2.19. The van der Waals surface area contributed by atoms with E-state index in [-0.39, 0.29) is 17.4 Å². The van der Waals surface area contributed by atoms with Gasteiger partial charge in [-0.2, -0.15) is 39.0 Å². The Morgan fingerprint density at radius 1 is 0.602 bits per heavy atom. The predicted octanol–water partition coefficient (Wildman–Crippen LogP) is 11.6. The van der Waals surface area contributed by atoms with Crippen molar-refractivity contribution in [3.8, 4) is 31.7 Å². The maximum Gasteiger partial charge on any atom is 0.294 e. The first-order valence-electron chi connectivity index (χ1n) is 29.6. The van der Waals surface area contributed by atoms with Gasteiger partial charge in [0.05, 0.1) is 114 Å². The lowest BCUT2D eigenvalue weighted by atomic mass is 10.2. The molecular formula is C62H70ClN21O5S4. The number of nitrogens with zero attached hydrogens (tertiary/aromatic N) is 14. The van der Waals surface area contributed by atoms with Gasteiger partial charge in [-0.15, -0.1) is 34.0 Å². The zero-order valence-corrected chi connectivity index (χ0v) is 55.3. The molecule has 12 N–H and O–H groups in total. The molecule has 15 rings (SSSR count). The minimum Gasteiger partial charge on any atom is -0.384 e. The smallest absolute Gasteiger partial charge is 0.294 e. The van der Waals surface area contributed by atoms with Crippen LogP contribution in [-0.2, 0) is 60.4 Å². The van der Waals surface area contributed by atoms with Gasteiger partial charge < -0.3 is 43.0 Å². The SMILES string of the molecule is Cc1ccc(S(=O)(=O)O)cc1.Cn1ccc(CN)n1.Cn1ccc(CNc2cc(N)nc3cc(-c4ccn[nH]4)sc23)n1.Cn1ccc(CNc2cc(N)nc3cc(-c4ccnn4C4CCCCO4)sc23)n1.Nc1cc(Cl)c2sc(-c3ccnn3C3CCCCO3)cc2n1. The lowest BCUT2D eigenvalue weighted by molar-refractivity contribution is -0.0384. The molecular weight excluding hydrogens is 1280 g/mol. The Labute approximate surface area is 552 Å². The Bertz CT molecular complexity index is 4710. The Morgan fingerprint density at radius 2 is 1.06 bits per heavy atom. The Kier molecular flexibility index (Phi) is 20.9. The molecule has 0 bridgehead atoms. The monoisotopic (exact) mass is 1350 g/mol. The number of nitrogen functional groups attached to an aromatic ring is 3. The number of aromatic amines is 1. The summed E-state index contributed by atoms with van der Waals surface area (Å²) in [6, 6.07) is 29.4. The van der Waals surface area contributed by atoms with Crippen LogP contribution in [0.5, 0.6) is 0 Å². The number of benzene rings is 1. The van der Waals surface area contributed by atoms with Crippen LogP contribution in [0.4, 0.5) is 28.8 Å². The number of halogens is 1. The summed E-state index contributed by atoms with van der Waals surface area (Å²) in [5, 5.41) is 36.3. The summed E-state index contributed by atoms with van der Waals surface area (Å²) in [6.45, 7) is 5.21. The number of nitrogens with one attached hydrogen (secondary N) is 3. The summed E-state index contributed by atoms with van der Waals surface area (Å²) < 4.78 is 53.7. The molecule has 0 amide bonds. The van der Waals surface area contributed by atoms with E-state index in [0.29, 0.717) is 42.1 Å². The molecule has 0 aliphatic carbocycles. The van der Waals surface area contributed by atoms with E-state index < -0.39 is 10.1 Å². The van der Waals surface area contributed by atoms with Crippen molar-refractivity contribution in [1.29, 1.82) is 0 Å². The molecule has 2 fully saturated rings. The van der Waals surface area contributed by atoms with Crippen molar-refractivity contribution < 1.29 is 22.4 Å². The summed E-state index contributed by atoms with van der Waals surface area (Å²) in [4.78, 5) is 16.5. The molecule has 93 heavy (non-hydrogen) atoms. The van der Waals surface area contributed by atoms with E-state index in [1.54, 1.807) is 78.6 Å². The Hall–Kier alpha value is -9.11. The molecule has 0 radical (unpaired) electrons. The molecule has 14 heterocycles. The van der Waals surface area contributed by atoms with Gasteiger partial charge in [-0.05, 0) is 112 Å². The number of anilines is 5.